The van der Waals surface area contributed by atoms with Crippen LogP contribution in [0.3, 0.4) is 0 Å². The summed E-state index contributed by atoms with van der Waals surface area (Å²) in [5.41, 5.74) is 1.34. The zero-order chi connectivity index (χ0) is 12.3. The Labute approximate surface area is 106 Å². The summed E-state index contributed by atoms with van der Waals surface area (Å²) in [7, 11) is 0. The Morgan fingerprint density at radius 1 is 1.22 bits per heavy atom. The van der Waals surface area contributed by atoms with E-state index in [1.54, 1.807) is 12.1 Å². The molecule has 4 unspecified atom stereocenters. The van der Waals surface area contributed by atoms with Crippen LogP contribution < -0.4 is 5.32 Å². The van der Waals surface area contributed by atoms with Gasteiger partial charge < -0.3 is 10.4 Å². The Balaban J connectivity index is 1.50. The Kier molecular flexibility index (Phi) is 2.02. The van der Waals surface area contributed by atoms with Crippen LogP contribution in [-0.2, 0) is 0 Å². The second-order valence-corrected chi connectivity index (χ2v) is 6.04. The Morgan fingerprint density at radius 3 is 2.61 bits per heavy atom. The van der Waals surface area contributed by atoms with Gasteiger partial charge in [0.2, 0.25) is 0 Å². The lowest BCUT2D eigenvalue weighted by Crippen LogP contribution is -2.13. The molecule has 2 bridgehead atoms. The van der Waals surface area contributed by atoms with Gasteiger partial charge in [-0.3, -0.25) is 0 Å². The molecule has 18 heavy (non-hydrogen) atoms. The Bertz CT molecular complexity index is 497. The van der Waals surface area contributed by atoms with Gasteiger partial charge >= 0.3 is 5.97 Å². The van der Waals surface area contributed by atoms with Gasteiger partial charge in [0.1, 0.15) is 0 Å². The molecule has 94 valence electrons. The molecule has 2 N–H and O–H groups in total. The maximum Gasteiger partial charge on any atom is 0.335 e. The van der Waals surface area contributed by atoms with Crippen molar-refractivity contribution in [2.45, 2.75) is 25.3 Å². The molecule has 4 atom stereocenters. The molecule has 3 nitrogen and oxygen atoms in total. The average molecular weight is 243 g/mol. The van der Waals surface area contributed by atoms with E-state index in [4.69, 9.17) is 5.11 Å². The zero-order valence-electron chi connectivity index (χ0n) is 10.2. The van der Waals surface area contributed by atoms with E-state index in [1.165, 1.54) is 19.3 Å². The maximum atomic E-state index is 10.9. The third-order valence-electron chi connectivity index (χ3n) is 5.18. The van der Waals surface area contributed by atoms with Crippen molar-refractivity contribution in [3.05, 3.63) is 29.8 Å². The Hall–Kier alpha value is -1.51. The van der Waals surface area contributed by atoms with Crippen LogP contribution in [0.5, 0.6) is 0 Å². The third kappa shape index (κ3) is 1.39. The van der Waals surface area contributed by atoms with Crippen LogP contribution in [0.4, 0.5) is 5.69 Å². The normalized spacial score (nSPS) is 39.4. The van der Waals surface area contributed by atoms with Crippen molar-refractivity contribution in [1.29, 1.82) is 0 Å². The van der Waals surface area contributed by atoms with E-state index in [9.17, 15) is 4.79 Å². The number of hydrogen-bond acceptors (Lipinski definition) is 2. The fourth-order valence-electron chi connectivity index (χ4n) is 4.45. The van der Waals surface area contributed by atoms with Crippen molar-refractivity contribution in [3.8, 4) is 0 Å². The number of carboxylic acid groups (broad SMARTS) is 1. The minimum Gasteiger partial charge on any atom is -0.478 e. The molecule has 4 rings (SSSR count). The van der Waals surface area contributed by atoms with E-state index in [0.717, 1.165) is 29.4 Å². The van der Waals surface area contributed by atoms with Crippen molar-refractivity contribution in [2.75, 3.05) is 5.32 Å². The maximum absolute atomic E-state index is 10.9. The van der Waals surface area contributed by atoms with Crippen LogP contribution in [-0.4, -0.2) is 17.1 Å². The standard InChI is InChI=1S/C15H17NO2/c17-15(18)10-2-1-3-11(7-10)16-14-12-8-4-5-9(6-8)13(12)14/h1-3,7-9,12-14,16H,4-6H2,(H,17,18). The molecule has 0 amide bonds. The van der Waals surface area contributed by atoms with Crippen LogP contribution in [0, 0.1) is 23.7 Å². The average Bonchev–Trinajstić information content (AvgIpc) is 2.77. The predicted octanol–water partition coefficient (Wildman–Crippen LogP) is 2.84. The lowest BCUT2D eigenvalue weighted by atomic mass is 10.0. The molecular formula is C15H17NO2. The van der Waals surface area contributed by atoms with E-state index in [1.807, 2.05) is 12.1 Å². The fraction of sp³-hybridized carbons (Fsp3) is 0.533. The van der Waals surface area contributed by atoms with Gasteiger partial charge in [-0.15, -0.1) is 0 Å². The van der Waals surface area contributed by atoms with E-state index < -0.39 is 5.97 Å². The number of fused-ring (bicyclic) bond motifs is 5. The summed E-state index contributed by atoms with van der Waals surface area (Å²) in [6.07, 6.45) is 4.28. The molecule has 1 aromatic carbocycles. The number of carbonyl (C=O) groups is 1. The monoisotopic (exact) mass is 243 g/mol. The number of benzene rings is 1. The minimum absolute atomic E-state index is 0.369. The molecule has 1 aromatic rings. The lowest BCUT2D eigenvalue weighted by Gasteiger charge is -2.12. The molecule has 0 heterocycles. The molecule has 0 aliphatic heterocycles. The molecule has 0 spiro atoms. The SMILES string of the molecule is O=C(O)c1cccc(NC2C3C4CCC(C4)C23)c1. The molecule has 3 aliphatic carbocycles. The highest BCUT2D eigenvalue weighted by Crippen LogP contribution is 2.66. The number of rotatable bonds is 3. The molecular weight excluding hydrogens is 226 g/mol. The highest BCUT2D eigenvalue weighted by atomic mass is 16.4. The summed E-state index contributed by atoms with van der Waals surface area (Å²) in [5, 5.41) is 12.5. The van der Waals surface area contributed by atoms with Gasteiger partial charge in [0.25, 0.3) is 0 Å². The van der Waals surface area contributed by atoms with Gasteiger partial charge in [0.05, 0.1) is 5.56 Å². The van der Waals surface area contributed by atoms with Crippen molar-refractivity contribution in [2.24, 2.45) is 23.7 Å². The summed E-state index contributed by atoms with van der Waals surface area (Å²) in [6.45, 7) is 0. The summed E-state index contributed by atoms with van der Waals surface area (Å²) in [4.78, 5) is 10.9. The highest BCUT2D eigenvalue weighted by Gasteiger charge is 2.64. The Morgan fingerprint density at radius 2 is 1.94 bits per heavy atom. The first-order valence-electron chi connectivity index (χ1n) is 6.84. The van der Waals surface area contributed by atoms with E-state index in [0.29, 0.717) is 11.6 Å². The second kappa shape index (κ2) is 3.50. The van der Waals surface area contributed by atoms with Gasteiger partial charge in [0.15, 0.2) is 0 Å². The van der Waals surface area contributed by atoms with Gasteiger partial charge in [-0.25, -0.2) is 4.79 Å². The largest absolute Gasteiger partial charge is 0.478 e. The fourth-order valence-corrected chi connectivity index (χ4v) is 4.45. The van der Waals surface area contributed by atoms with Crippen molar-refractivity contribution in [1.82, 2.24) is 0 Å². The van der Waals surface area contributed by atoms with Crippen LogP contribution in [0.25, 0.3) is 0 Å². The van der Waals surface area contributed by atoms with Crippen LogP contribution in [0.15, 0.2) is 24.3 Å². The highest BCUT2D eigenvalue weighted by molar-refractivity contribution is 5.88. The summed E-state index contributed by atoms with van der Waals surface area (Å²) in [5.74, 6) is 2.78. The first-order chi connectivity index (χ1) is 8.74. The number of nitrogens with one attached hydrogen (secondary N) is 1. The molecule has 0 aromatic heterocycles. The molecule has 3 aliphatic rings. The first-order valence-corrected chi connectivity index (χ1v) is 6.84. The van der Waals surface area contributed by atoms with Crippen LogP contribution in [0.1, 0.15) is 29.6 Å². The first kappa shape index (κ1) is 10.4. The molecule has 0 saturated heterocycles. The summed E-state index contributed by atoms with van der Waals surface area (Å²) in [6, 6.07) is 7.80. The quantitative estimate of drug-likeness (QED) is 0.858. The molecule has 3 fully saturated rings. The zero-order valence-corrected chi connectivity index (χ0v) is 10.2. The lowest BCUT2D eigenvalue weighted by molar-refractivity contribution is 0.0697. The minimum atomic E-state index is -0.852. The van der Waals surface area contributed by atoms with Gasteiger partial charge in [0, 0.05) is 11.7 Å². The summed E-state index contributed by atoms with van der Waals surface area (Å²) >= 11 is 0. The van der Waals surface area contributed by atoms with Crippen molar-refractivity contribution >= 4 is 11.7 Å². The molecule has 3 saturated carbocycles. The number of hydrogen-bond donors (Lipinski definition) is 2. The summed E-state index contributed by atoms with van der Waals surface area (Å²) < 4.78 is 0. The van der Waals surface area contributed by atoms with Gasteiger partial charge in [-0.05, 0) is 61.1 Å². The number of anilines is 1. The van der Waals surface area contributed by atoms with Crippen LogP contribution >= 0.6 is 0 Å². The predicted molar refractivity (Wildman–Crippen MR) is 68.6 cm³/mol. The number of aromatic carboxylic acids is 1. The smallest absolute Gasteiger partial charge is 0.335 e. The van der Waals surface area contributed by atoms with E-state index in [2.05, 4.69) is 5.32 Å². The molecule has 0 radical (unpaired) electrons. The van der Waals surface area contributed by atoms with E-state index in [-0.39, 0.29) is 0 Å². The second-order valence-electron chi connectivity index (χ2n) is 6.04. The van der Waals surface area contributed by atoms with Crippen molar-refractivity contribution in [3.63, 3.8) is 0 Å². The van der Waals surface area contributed by atoms with Gasteiger partial charge in [-0.2, -0.15) is 0 Å². The topological polar surface area (TPSA) is 49.3 Å². The van der Waals surface area contributed by atoms with Gasteiger partial charge in [-0.1, -0.05) is 6.07 Å². The third-order valence-corrected chi connectivity index (χ3v) is 5.18. The molecule has 3 heteroatoms. The van der Waals surface area contributed by atoms with Crippen LogP contribution in [0.2, 0.25) is 0 Å². The number of carboxylic acids is 1. The van der Waals surface area contributed by atoms with Crippen molar-refractivity contribution < 1.29 is 9.90 Å². The van der Waals surface area contributed by atoms with E-state index >= 15 is 0 Å².